The summed E-state index contributed by atoms with van der Waals surface area (Å²) in [4.78, 5) is 28.9. The van der Waals surface area contributed by atoms with E-state index in [1.807, 2.05) is 42.5 Å². The monoisotopic (exact) mass is 505 g/mol. The predicted molar refractivity (Wildman–Crippen MR) is 142 cm³/mol. The Balaban J connectivity index is 0.00000306. The number of hydrogen-bond acceptors (Lipinski definition) is 4. The number of phenols is 1. The molecule has 0 radical (unpaired) electrons. The third kappa shape index (κ3) is 7.95. The van der Waals surface area contributed by atoms with Crippen molar-refractivity contribution in [2.45, 2.75) is 32.1 Å². The molecule has 1 heterocycles. The number of hydrogen-bond donors (Lipinski definition) is 2. The molecule has 3 atom stereocenters. The fourth-order valence-corrected chi connectivity index (χ4v) is 4.69. The first kappa shape index (κ1) is 30.4. The molecule has 0 bridgehead atoms. The van der Waals surface area contributed by atoms with Gasteiger partial charge in [0.1, 0.15) is 5.75 Å². The molecule has 8 heteroatoms. The van der Waals surface area contributed by atoms with Gasteiger partial charge in [-0.25, -0.2) is 0 Å². The van der Waals surface area contributed by atoms with Crippen molar-refractivity contribution in [1.82, 2.24) is 15.1 Å². The Labute approximate surface area is 215 Å². The van der Waals surface area contributed by atoms with Crippen LogP contribution in [-0.2, 0) is 21.4 Å². The molecule has 0 saturated carbocycles. The van der Waals surface area contributed by atoms with Crippen LogP contribution in [0.5, 0.6) is 5.75 Å². The van der Waals surface area contributed by atoms with Crippen LogP contribution in [0.1, 0.15) is 31.4 Å². The lowest BCUT2D eigenvalue weighted by molar-refractivity contribution is -0.132. The number of likely N-dealkylation sites (tertiary alicyclic amines) is 1. The summed E-state index contributed by atoms with van der Waals surface area (Å²) in [5.41, 5.74) is 2.26. The number of nitrogens with one attached hydrogen (secondary N) is 1. The molecule has 3 rings (SSSR count). The minimum atomic E-state index is -0.236. The Kier molecular flexibility index (Phi) is 11.7. The van der Waals surface area contributed by atoms with Crippen molar-refractivity contribution >= 4 is 24.2 Å². The Hall–Kier alpha value is -2.61. The smallest absolute Gasteiger partial charge is 0.241 e. The van der Waals surface area contributed by atoms with Crippen molar-refractivity contribution in [3.05, 3.63) is 65.7 Å². The molecule has 1 fully saturated rings. The van der Waals surface area contributed by atoms with Crippen molar-refractivity contribution < 1.29 is 20.2 Å². The maximum atomic E-state index is 13.1. The molecule has 4 N–H and O–H groups in total. The van der Waals surface area contributed by atoms with E-state index < -0.39 is 0 Å². The molecule has 1 aliphatic rings. The average Bonchev–Trinajstić information content (AvgIpc) is 2.79. The lowest BCUT2D eigenvalue weighted by Crippen LogP contribution is -2.50. The van der Waals surface area contributed by atoms with Crippen LogP contribution >= 0.6 is 12.4 Å². The van der Waals surface area contributed by atoms with E-state index in [0.29, 0.717) is 24.6 Å². The van der Waals surface area contributed by atoms with Crippen LogP contribution < -0.4 is 5.32 Å². The lowest BCUT2D eigenvalue weighted by atomic mass is 9.68. The molecule has 0 aliphatic carbocycles. The molecule has 3 unspecified atom stereocenters. The summed E-state index contributed by atoms with van der Waals surface area (Å²) in [5, 5.41) is 12.8. The first-order chi connectivity index (χ1) is 15.7. The molecule has 7 nitrogen and oxygen atoms in total. The number of carbonyl (C=O) groups is 2. The van der Waals surface area contributed by atoms with Crippen molar-refractivity contribution in [1.29, 1.82) is 0 Å². The van der Waals surface area contributed by atoms with Crippen LogP contribution in [0.4, 0.5) is 0 Å². The number of rotatable bonds is 8. The number of phenolic OH excluding ortho intramolecular Hbond substituents is 1. The minimum absolute atomic E-state index is 0. The Bertz CT molecular complexity index is 956. The van der Waals surface area contributed by atoms with E-state index in [0.717, 1.165) is 30.6 Å². The fraction of sp³-hybridized carbons (Fsp3) is 0.481. The summed E-state index contributed by atoms with van der Waals surface area (Å²) >= 11 is 0. The van der Waals surface area contributed by atoms with Gasteiger partial charge in [-0.1, -0.05) is 56.3 Å². The van der Waals surface area contributed by atoms with E-state index in [4.69, 9.17) is 0 Å². The van der Waals surface area contributed by atoms with Crippen LogP contribution in [0, 0.1) is 11.8 Å². The highest BCUT2D eigenvalue weighted by Crippen LogP contribution is 2.40. The molecule has 1 aliphatic heterocycles. The van der Waals surface area contributed by atoms with E-state index in [1.54, 1.807) is 20.2 Å². The SMILES string of the molecule is CC1CN(CC(Cc2ccccc2)C(=O)NCC(=O)N(C)C)CCC1(C)c1cccc(O)c1.Cl.O. The number of benzene rings is 2. The van der Waals surface area contributed by atoms with E-state index in [2.05, 4.69) is 30.1 Å². The van der Waals surface area contributed by atoms with E-state index in [9.17, 15) is 14.7 Å². The highest BCUT2D eigenvalue weighted by molar-refractivity contribution is 5.86. The van der Waals surface area contributed by atoms with E-state index >= 15 is 0 Å². The molecular formula is C27H40ClN3O4. The second kappa shape index (κ2) is 13.5. The normalized spacial score (nSPS) is 20.6. The van der Waals surface area contributed by atoms with Crippen molar-refractivity contribution in [3.63, 3.8) is 0 Å². The summed E-state index contributed by atoms with van der Waals surface area (Å²) < 4.78 is 0. The Morgan fingerprint density at radius 2 is 1.86 bits per heavy atom. The summed E-state index contributed by atoms with van der Waals surface area (Å²) in [7, 11) is 3.38. The number of carbonyl (C=O) groups excluding carboxylic acids is 2. The third-order valence-corrected chi connectivity index (χ3v) is 7.16. The van der Waals surface area contributed by atoms with Gasteiger partial charge in [0.25, 0.3) is 0 Å². The maximum Gasteiger partial charge on any atom is 0.241 e. The minimum Gasteiger partial charge on any atom is -0.508 e. The number of aromatic hydroxyl groups is 1. The topological polar surface area (TPSA) is 104 Å². The van der Waals surface area contributed by atoms with Gasteiger partial charge in [-0.3, -0.25) is 9.59 Å². The summed E-state index contributed by atoms with van der Waals surface area (Å²) in [6.45, 7) is 6.94. The quantitative estimate of drug-likeness (QED) is 0.575. The maximum absolute atomic E-state index is 13.1. The first-order valence-electron chi connectivity index (χ1n) is 11.7. The van der Waals surface area contributed by atoms with Crippen LogP contribution in [0.2, 0.25) is 0 Å². The van der Waals surface area contributed by atoms with E-state index in [-0.39, 0.29) is 47.6 Å². The van der Waals surface area contributed by atoms with Gasteiger partial charge < -0.3 is 25.7 Å². The Morgan fingerprint density at radius 1 is 1.17 bits per heavy atom. The molecule has 194 valence electrons. The van der Waals surface area contributed by atoms with Crippen LogP contribution in [-0.4, -0.2) is 72.5 Å². The molecule has 2 amide bonds. The van der Waals surface area contributed by atoms with Gasteiger partial charge in [0.15, 0.2) is 0 Å². The molecule has 0 spiro atoms. The molecule has 2 aromatic carbocycles. The standard InChI is InChI=1S/C27H37N3O3.ClH.H2O/c1-20-18-30(14-13-27(20,2)23-11-8-12-24(31)16-23)19-22(15-21-9-6-5-7-10-21)26(33)28-17-25(32)29(3)4;;/h5-12,16,20,22,31H,13-15,17-19H2,1-4H3,(H,28,33);1H;1H2. The van der Waals surface area contributed by atoms with Gasteiger partial charge in [-0.15, -0.1) is 12.4 Å². The van der Waals surface area contributed by atoms with Gasteiger partial charge in [0, 0.05) is 27.2 Å². The molecule has 0 aromatic heterocycles. The van der Waals surface area contributed by atoms with Crippen LogP contribution in [0.3, 0.4) is 0 Å². The van der Waals surface area contributed by atoms with E-state index in [1.165, 1.54) is 4.90 Å². The predicted octanol–water partition coefficient (Wildman–Crippen LogP) is 2.65. The molecule has 35 heavy (non-hydrogen) atoms. The van der Waals surface area contributed by atoms with Gasteiger partial charge in [-0.05, 0) is 54.0 Å². The third-order valence-electron chi connectivity index (χ3n) is 7.16. The number of amides is 2. The van der Waals surface area contributed by atoms with Crippen LogP contribution in [0.15, 0.2) is 54.6 Å². The summed E-state index contributed by atoms with van der Waals surface area (Å²) in [6.07, 6.45) is 1.59. The van der Waals surface area contributed by atoms with Crippen molar-refractivity contribution in [2.24, 2.45) is 11.8 Å². The average molecular weight is 506 g/mol. The molecule has 2 aromatic rings. The second-order valence-corrected chi connectivity index (χ2v) is 9.77. The second-order valence-electron chi connectivity index (χ2n) is 9.77. The van der Waals surface area contributed by atoms with Gasteiger partial charge in [-0.2, -0.15) is 0 Å². The fourth-order valence-electron chi connectivity index (χ4n) is 4.69. The zero-order valence-corrected chi connectivity index (χ0v) is 22.0. The number of likely N-dealkylation sites (N-methyl/N-ethyl adjacent to an activating group) is 1. The van der Waals surface area contributed by atoms with Crippen molar-refractivity contribution in [2.75, 3.05) is 40.3 Å². The number of nitrogens with zero attached hydrogens (tertiary/aromatic N) is 2. The largest absolute Gasteiger partial charge is 0.508 e. The van der Waals surface area contributed by atoms with Gasteiger partial charge in [0.05, 0.1) is 12.5 Å². The Morgan fingerprint density at radius 3 is 2.46 bits per heavy atom. The highest BCUT2D eigenvalue weighted by Gasteiger charge is 2.39. The van der Waals surface area contributed by atoms with Crippen molar-refractivity contribution in [3.8, 4) is 5.75 Å². The number of halogens is 1. The number of piperidine rings is 1. The summed E-state index contributed by atoms with van der Waals surface area (Å²) in [5.74, 6) is 0.233. The molecular weight excluding hydrogens is 466 g/mol. The zero-order chi connectivity index (χ0) is 24.0. The zero-order valence-electron chi connectivity index (χ0n) is 21.2. The highest BCUT2D eigenvalue weighted by atomic mass is 35.5. The lowest BCUT2D eigenvalue weighted by Gasteiger charge is -2.45. The first-order valence-corrected chi connectivity index (χ1v) is 11.7. The van der Waals surface area contributed by atoms with Crippen LogP contribution in [0.25, 0.3) is 0 Å². The molecule has 1 saturated heterocycles. The van der Waals surface area contributed by atoms with Gasteiger partial charge in [0.2, 0.25) is 11.8 Å². The summed E-state index contributed by atoms with van der Waals surface area (Å²) in [6, 6.07) is 17.6. The van der Waals surface area contributed by atoms with Gasteiger partial charge >= 0.3 is 0 Å².